The van der Waals surface area contributed by atoms with Crippen molar-refractivity contribution in [1.82, 2.24) is 9.97 Å². The Labute approximate surface area is 47.8 Å². The van der Waals surface area contributed by atoms with Gasteiger partial charge in [0.15, 0.2) is 0 Å². The summed E-state index contributed by atoms with van der Waals surface area (Å²) in [6.07, 6.45) is 1.63. The van der Waals surface area contributed by atoms with Crippen molar-refractivity contribution >= 4 is 24.9 Å². The number of H-pyrrole nitrogens is 1. The molecule has 8 heavy (non-hydrogen) atoms. The van der Waals surface area contributed by atoms with Crippen molar-refractivity contribution in [2.24, 2.45) is 0 Å². The molecular formula is C4H6BN3. The Hall–Kier alpha value is -1.06. The summed E-state index contributed by atoms with van der Waals surface area (Å²) in [5.74, 6) is 0.430. The number of imidazole rings is 1. The van der Waals surface area contributed by atoms with E-state index in [1.54, 1.807) is 13.1 Å². The van der Waals surface area contributed by atoms with Crippen LogP contribution in [-0.4, -0.2) is 23.4 Å². The minimum absolute atomic E-state index is 0.430. The predicted octanol–water partition coefficient (Wildman–Crippen LogP) is -1.25. The first kappa shape index (κ1) is 5.09. The molecule has 4 heteroatoms. The van der Waals surface area contributed by atoms with E-state index < -0.39 is 0 Å². The van der Waals surface area contributed by atoms with Gasteiger partial charge in [0.25, 0.3) is 0 Å². The Bertz CT molecular complexity index is 193. The van der Waals surface area contributed by atoms with Gasteiger partial charge in [0.2, 0.25) is 0 Å². The molecule has 0 aliphatic heterocycles. The minimum atomic E-state index is 0.430. The topological polar surface area (TPSA) is 54.7 Å². The van der Waals surface area contributed by atoms with Crippen molar-refractivity contribution in [3.05, 3.63) is 6.20 Å². The van der Waals surface area contributed by atoms with Crippen LogP contribution in [0, 0.1) is 0 Å². The molecule has 0 aromatic carbocycles. The van der Waals surface area contributed by atoms with Gasteiger partial charge in [-0.1, -0.05) is 0 Å². The van der Waals surface area contributed by atoms with E-state index in [2.05, 4.69) is 16.4 Å². The van der Waals surface area contributed by atoms with Crippen molar-refractivity contribution in [3.63, 3.8) is 0 Å². The van der Waals surface area contributed by atoms with Crippen LogP contribution in [0.15, 0.2) is 6.20 Å². The normalized spacial score (nSPS) is 8.50. The van der Waals surface area contributed by atoms with E-state index in [9.17, 15) is 0 Å². The number of nitrogen functional groups attached to an aromatic ring is 1. The molecule has 0 radical (unpaired) electrons. The monoisotopic (exact) mass is 107 g/mol. The molecule has 0 spiro atoms. The van der Waals surface area contributed by atoms with Gasteiger partial charge >= 0.3 is 46.8 Å². The molecule has 0 saturated carbocycles. The first-order chi connectivity index (χ1) is 3.83. The summed E-state index contributed by atoms with van der Waals surface area (Å²) in [6, 6.07) is 0. The second-order valence-corrected chi connectivity index (χ2v) is 1.43. The van der Waals surface area contributed by atoms with Gasteiger partial charge in [-0.2, -0.15) is 0 Å². The Morgan fingerprint density at radius 1 is 1.88 bits per heavy atom. The van der Waals surface area contributed by atoms with Gasteiger partial charge in [0.05, 0.1) is 0 Å². The molecule has 0 saturated heterocycles. The van der Waals surface area contributed by atoms with Crippen molar-refractivity contribution in [3.8, 4) is 0 Å². The van der Waals surface area contributed by atoms with Crippen LogP contribution < -0.4 is 11.3 Å². The fourth-order valence-corrected chi connectivity index (χ4v) is 0.455. The van der Waals surface area contributed by atoms with Crippen LogP contribution in [0.4, 0.5) is 5.95 Å². The second kappa shape index (κ2) is 1.82. The summed E-state index contributed by atoms with van der Waals surface area (Å²) in [6.45, 7) is 5.17. The first-order valence-corrected chi connectivity index (χ1v) is 2.26. The molecule has 3 N–H and O–H groups in total. The number of anilines is 1. The molecule has 0 unspecified atom stereocenters. The zero-order chi connectivity index (χ0) is 5.98. The Morgan fingerprint density at radius 3 is 2.88 bits per heavy atom. The maximum absolute atomic E-state index is 5.24. The maximum atomic E-state index is 5.24. The molecule has 0 atom stereocenters. The standard InChI is InChI=1S/C4H6BN3/c1-5-3-2-7-4(6)8-3/h2H,1H2,(H3,6,7,8). The van der Waals surface area contributed by atoms with E-state index >= 15 is 0 Å². The van der Waals surface area contributed by atoms with Gasteiger partial charge in [0.1, 0.15) is 0 Å². The average Bonchev–Trinajstić information content (AvgIpc) is 2.14. The molecule has 1 aromatic rings. The summed E-state index contributed by atoms with van der Waals surface area (Å²) >= 11 is 0. The van der Waals surface area contributed by atoms with Gasteiger partial charge in [-0.15, -0.1) is 0 Å². The van der Waals surface area contributed by atoms with Crippen LogP contribution in [0.1, 0.15) is 0 Å². The summed E-state index contributed by atoms with van der Waals surface area (Å²) in [5, 5.41) is 0. The average molecular weight is 107 g/mol. The second-order valence-electron chi connectivity index (χ2n) is 1.43. The van der Waals surface area contributed by atoms with E-state index in [0.29, 0.717) is 5.95 Å². The van der Waals surface area contributed by atoms with Crippen LogP contribution in [0.25, 0.3) is 0 Å². The van der Waals surface area contributed by atoms with E-state index in [1.807, 2.05) is 0 Å². The summed E-state index contributed by atoms with van der Waals surface area (Å²) in [5.41, 5.74) is 6.09. The SMILES string of the molecule is C=Bc1cnc(N)[nH]1. The van der Waals surface area contributed by atoms with Gasteiger partial charge < -0.3 is 0 Å². The van der Waals surface area contributed by atoms with Gasteiger partial charge in [-0.05, 0) is 0 Å². The Morgan fingerprint density at radius 2 is 2.62 bits per heavy atom. The molecule has 1 aromatic heterocycles. The third-order valence-corrected chi connectivity index (χ3v) is 0.835. The molecule has 0 bridgehead atoms. The van der Waals surface area contributed by atoms with E-state index in [0.717, 1.165) is 5.59 Å². The van der Waals surface area contributed by atoms with E-state index in [1.165, 1.54) is 0 Å². The van der Waals surface area contributed by atoms with Crippen LogP contribution in [0.3, 0.4) is 0 Å². The number of nitrogens with one attached hydrogen (secondary N) is 1. The van der Waals surface area contributed by atoms with Crippen molar-refractivity contribution in [2.45, 2.75) is 0 Å². The number of nitrogens with two attached hydrogens (primary N) is 1. The third kappa shape index (κ3) is 0.778. The molecule has 0 fully saturated rings. The fraction of sp³-hybridized carbons (Fsp3) is 0. The van der Waals surface area contributed by atoms with Crippen LogP contribution in [0.2, 0.25) is 0 Å². The van der Waals surface area contributed by atoms with Crippen molar-refractivity contribution < 1.29 is 0 Å². The number of hydrogen-bond acceptors (Lipinski definition) is 2. The van der Waals surface area contributed by atoms with Crippen molar-refractivity contribution in [1.29, 1.82) is 0 Å². The molecule has 1 heterocycles. The molecule has 0 aliphatic rings. The fourth-order valence-electron chi connectivity index (χ4n) is 0.455. The Kier molecular flexibility index (Phi) is 1.16. The number of rotatable bonds is 1. The molecule has 3 nitrogen and oxygen atoms in total. The quantitative estimate of drug-likeness (QED) is 0.440. The van der Waals surface area contributed by atoms with E-state index in [4.69, 9.17) is 5.73 Å². The van der Waals surface area contributed by atoms with Crippen molar-refractivity contribution in [2.75, 3.05) is 5.73 Å². The Balaban J connectivity index is 3.00. The summed E-state index contributed by atoms with van der Waals surface area (Å²) in [7, 11) is 0. The van der Waals surface area contributed by atoms with Crippen LogP contribution in [0.5, 0.6) is 0 Å². The predicted molar refractivity (Wildman–Crippen MR) is 35.5 cm³/mol. The zero-order valence-electron chi connectivity index (χ0n) is 4.39. The van der Waals surface area contributed by atoms with Gasteiger partial charge in [-0.25, -0.2) is 0 Å². The molecule has 40 valence electrons. The molecule has 0 aliphatic carbocycles. The number of aromatic nitrogens is 2. The number of aromatic amines is 1. The zero-order valence-corrected chi connectivity index (χ0v) is 4.39. The molecular weight excluding hydrogens is 101 g/mol. The molecule has 1 rings (SSSR count). The van der Waals surface area contributed by atoms with Gasteiger partial charge in [-0.3, -0.25) is 0 Å². The number of nitrogens with zero attached hydrogens (tertiary/aromatic N) is 1. The summed E-state index contributed by atoms with van der Waals surface area (Å²) < 4.78 is 0. The third-order valence-electron chi connectivity index (χ3n) is 0.835. The first-order valence-electron chi connectivity index (χ1n) is 2.26. The molecule has 0 amide bonds. The van der Waals surface area contributed by atoms with Crippen LogP contribution in [-0.2, 0) is 0 Å². The van der Waals surface area contributed by atoms with Gasteiger partial charge in [0, 0.05) is 0 Å². The van der Waals surface area contributed by atoms with Crippen LogP contribution >= 0.6 is 0 Å². The van der Waals surface area contributed by atoms with E-state index in [-0.39, 0.29) is 0 Å². The summed E-state index contributed by atoms with van der Waals surface area (Å²) in [4.78, 5) is 6.51. The number of hydrogen-bond donors (Lipinski definition) is 2.